The molecule has 1 aromatic carbocycles. The molecule has 17 heavy (non-hydrogen) atoms. The van der Waals surface area contributed by atoms with Gasteiger partial charge in [-0.25, -0.2) is 4.39 Å². The second-order valence-electron chi connectivity index (χ2n) is 4.77. The number of nitrogens with zero attached hydrogens (tertiary/aromatic N) is 1. The predicted molar refractivity (Wildman–Crippen MR) is 68.4 cm³/mol. The molecule has 0 bridgehead atoms. The molecule has 0 amide bonds. The lowest BCUT2D eigenvalue weighted by Gasteiger charge is -2.26. The number of thioether (sulfide) groups is 1. The fraction of sp³-hybridized carbons (Fsp3) is 0.500. The van der Waals surface area contributed by atoms with E-state index in [0.29, 0.717) is 15.7 Å². The summed E-state index contributed by atoms with van der Waals surface area (Å²) in [6.07, 6.45) is 4.89. The van der Waals surface area contributed by atoms with Crippen LogP contribution in [-0.4, -0.2) is 5.25 Å². The predicted octanol–water partition coefficient (Wildman–Crippen LogP) is 4.37. The van der Waals surface area contributed by atoms with Gasteiger partial charge in [-0.05, 0) is 37.0 Å². The van der Waals surface area contributed by atoms with Gasteiger partial charge in [-0.15, -0.1) is 11.8 Å². The molecule has 2 rings (SSSR count). The van der Waals surface area contributed by atoms with Crippen molar-refractivity contribution < 1.29 is 4.39 Å². The molecule has 0 N–H and O–H groups in total. The zero-order valence-corrected chi connectivity index (χ0v) is 10.8. The van der Waals surface area contributed by atoms with Gasteiger partial charge in [-0.1, -0.05) is 19.8 Å². The summed E-state index contributed by atoms with van der Waals surface area (Å²) in [6.45, 7) is 2.27. The van der Waals surface area contributed by atoms with Crippen molar-refractivity contribution in [2.45, 2.75) is 42.8 Å². The van der Waals surface area contributed by atoms with Crippen LogP contribution in [0.5, 0.6) is 0 Å². The SMILES string of the molecule is CC1CCCC(Sc2ccc(C#N)cc2F)C1. The molecule has 90 valence electrons. The van der Waals surface area contributed by atoms with Crippen LogP contribution in [0.1, 0.15) is 38.2 Å². The molecular weight excluding hydrogens is 233 g/mol. The van der Waals surface area contributed by atoms with Gasteiger partial charge in [0.15, 0.2) is 0 Å². The summed E-state index contributed by atoms with van der Waals surface area (Å²) in [6, 6.07) is 6.71. The highest BCUT2D eigenvalue weighted by Crippen LogP contribution is 2.37. The van der Waals surface area contributed by atoms with E-state index in [4.69, 9.17) is 5.26 Å². The van der Waals surface area contributed by atoms with Crippen LogP contribution in [-0.2, 0) is 0 Å². The number of rotatable bonds is 2. The van der Waals surface area contributed by atoms with E-state index >= 15 is 0 Å². The van der Waals surface area contributed by atoms with E-state index in [1.165, 1.54) is 31.7 Å². The van der Waals surface area contributed by atoms with Gasteiger partial charge >= 0.3 is 0 Å². The molecule has 0 aliphatic heterocycles. The zero-order valence-electron chi connectivity index (χ0n) is 9.95. The monoisotopic (exact) mass is 249 g/mol. The van der Waals surface area contributed by atoms with Crippen LogP contribution in [0.25, 0.3) is 0 Å². The summed E-state index contributed by atoms with van der Waals surface area (Å²) in [4.78, 5) is 0.683. The van der Waals surface area contributed by atoms with E-state index < -0.39 is 0 Å². The average molecular weight is 249 g/mol. The molecule has 0 spiro atoms. The minimum atomic E-state index is -0.257. The first-order valence-corrected chi connectivity index (χ1v) is 6.93. The Labute approximate surface area is 106 Å². The van der Waals surface area contributed by atoms with Crippen LogP contribution in [0.2, 0.25) is 0 Å². The third kappa shape index (κ3) is 3.23. The van der Waals surface area contributed by atoms with E-state index in [2.05, 4.69) is 6.92 Å². The first kappa shape index (κ1) is 12.4. The van der Waals surface area contributed by atoms with Crippen molar-refractivity contribution in [3.8, 4) is 6.07 Å². The Morgan fingerprint density at radius 3 is 2.88 bits per heavy atom. The number of benzene rings is 1. The lowest BCUT2D eigenvalue weighted by molar-refractivity contribution is 0.394. The lowest BCUT2D eigenvalue weighted by Crippen LogP contribution is -2.15. The van der Waals surface area contributed by atoms with E-state index in [9.17, 15) is 4.39 Å². The van der Waals surface area contributed by atoms with Crippen LogP contribution >= 0.6 is 11.8 Å². The van der Waals surface area contributed by atoms with Crippen molar-refractivity contribution in [3.05, 3.63) is 29.6 Å². The fourth-order valence-corrected chi connectivity index (χ4v) is 3.72. The summed E-state index contributed by atoms with van der Waals surface area (Å²) >= 11 is 1.63. The average Bonchev–Trinajstić information content (AvgIpc) is 2.32. The van der Waals surface area contributed by atoms with Gasteiger partial charge in [0.25, 0.3) is 0 Å². The molecule has 0 radical (unpaired) electrons. The molecule has 1 fully saturated rings. The quantitative estimate of drug-likeness (QED) is 0.777. The molecule has 1 aliphatic carbocycles. The normalized spacial score (nSPS) is 24.3. The Hall–Kier alpha value is -1.01. The zero-order chi connectivity index (χ0) is 12.3. The van der Waals surface area contributed by atoms with Gasteiger partial charge in [-0.2, -0.15) is 5.26 Å². The smallest absolute Gasteiger partial charge is 0.138 e. The van der Waals surface area contributed by atoms with Crippen molar-refractivity contribution in [1.29, 1.82) is 5.26 Å². The maximum absolute atomic E-state index is 13.7. The van der Waals surface area contributed by atoms with Crippen molar-refractivity contribution in [3.63, 3.8) is 0 Å². The van der Waals surface area contributed by atoms with Crippen LogP contribution in [0.4, 0.5) is 4.39 Å². The van der Waals surface area contributed by atoms with Gasteiger partial charge in [0, 0.05) is 10.1 Å². The molecule has 3 heteroatoms. The number of hydrogen-bond acceptors (Lipinski definition) is 2. The largest absolute Gasteiger partial charge is 0.206 e. The van der Waals surface area contributed by atoms with Gasteiger partial charge < -0.3 is 0 Å². The summed E-state index contributed by atoms with van der Waals surface area (Å²) < 4.78 is 13.7. The molecule has 1 nitrogen and oxygen atoms in total. The van der Waals surface area contributed by atoms with Crippen molar-refractivity contribution in [1.82, 2.24) is 0 Å². The standard InChI is InChI=1S/C14H16FNS/c1-10-3-2-4-12(7-10)17-14-6-5-11(9-16)8-13(14)15/h5-6,8,10,12H,2-4,7H2,1H3. The highest BCUT2D eigenvalue weighted by Gasteiger charge is 2.20. The number of halogens is 1. The van der Waals surface area contributed by atoms with Crippen molar-refractivity contribution in [2.24, 2.45) is 5.92 Å². The van der Waals surface area contributed by atoms with Crippen LogP contribution in [0.3, 0.4) is 0 Å². The summed E-state index contributed by atoms with van der Waals surface area (Å²) in [7, 11) is 0. The van der Waals surface area contributed by atoms with E-state index in [0.717, 1.165) is 5.92 Å². The third-order valence-electron chi connectivity index (χ3n) is 3.24. The van der Waals surface area contributed by atoms with Gasteiger partial charge in [-0.3, -0.25) is 0 Å². The lowest BCUT2D eigenvalue weighted by atomic mass is 9.91. The first-order valence-electron chi connectivity index (χ1n) is 6.05. The molecule has 0 saturated heterocycles. The summed E-state index contributed by atoms with van der Waals surface area (Å²) in [5, 5.41) is 9.21. The molecule has 2 unspecified atom stereocenters. The van der Waals surface area contributed by atoms with E-state index in [1.54, 1.807) is 23.9 Å². The Morgan fingerprint density at radius 1 is 1.41 bits per heavy atom. The molecule has 0 heterocycles. The molecule has 1 aromatic rings. The van der Waals surface area contributed by atoms with Crippen molar-refractivity contribution >= 4 is 11.8 Å². The fourth-order valence-electron chi connectivity index (χ4n) is 2.33. The van der Waals surface area contributed by atoms with E-state index in [1.807, 2.05) is 6.07 Å². The molecule has 0 aromatic heterocycles. The van der Waals surface area contributed by atoms with Crippen LogP contribution in [0, 0.1) is 23.1 Å². The summed E-state index contributed by atoms with van der Waals surface area (Å²) in [5.74, 6) is 0.495. The minimum Gasteiger partial charge on any atom is -0.206 e. The van der Waals surface area contributed by atoms with Crippen LogP contribution < -0.4 is 0 Å². The van der Waals surface area contributed by atoms with E-state index in [-0.39, 0.29) is 5.82 Å². The highest BCUT2D eigenvalue weighted by atomic mass is 32.2. The van der Waals surface area contributed by atoms with Gasteiger partial charge in [0.2, 0.25) is 0 Å². The number of nitriles is 1. The Bertz CT molecular complexity index is 438. The van der Waals surface area contributed by atoms with Gasteiger partial charge in [0.05, 0.1) is 11.6 Å². The van der Waals surface area contributed by atoms with Gasteiger partial charge in [0.1, 0.15) is 5.82 Å². The second-order valence-corrected chi connectivity index (χ2v) is 6.11. The second kappa shape index (κ2) is 5.55. The topological polar surface area (TPSA) is 23.8 Å². The maximum atomic E-state index is 13.7. The van der Waals surface area contributed by atoms with Crippen molar-refractivity contribution in [2.75, 3.05) is 0 Å². The molecular formula is C14H16FNS. The first-order chi connectivity index (χ1) is 8.19. The Morgan fingerprint density at radius 2 is 2.24 bits per heavy atom. The Balaban J connectivity index is 2.06. The Kier molecular flexibility index (Phi) is 4.06. The summed E-state index contributed by atoms with van der Waals surface area (Å²) in [5.41, 5.74) is 0.392. The molecule has 1 aliphatic rings. The third-order valence-corrected chi connectivity index (χ3v) is 4.59. The maximum Gasteiger partial charge on any atom is 0.138 e. The molecule has 1 saturated carbocycles. The molecule has 2 atom stereocenters. The highest BCUT2D eigenvalue weighted by molar-refractivity contribution is 8.00. The number of hydrogen-bond donors (Lipinski definition) is 0. The van der Waals surface area contributed by atoms with Crippen LogP contribution in [0.15, 0.2) is 23.1 Å². The minimum absolute atomic E-state index is 0.257.